The molecule has 0 atom stereocenters. The number of hydrogen-bond donors (Lipinski definition) is 0. The summed E-state index contributed by atoms with van der Waals surface area (Å²) in [5.41, 5.74) is 10.8. The highest BCUT2D eigenvalue weighted by Crippen LogP contribution is 2.49. The molecule has 2 radical (unpaired) electrons. The van der Waals surface area contributed by atoms with Crippen LogP contribution in [0.3, 0.4) is 0 Å². The van der Waals surface area contributed by atoms with Gasteiger partial charge in [-0.25, -0.2) is 15.0 Å². The predicted molar refractivity (Wildman–Crippen MR) is 165 cm³/mol. The standard InChI is InChI=1S/C36H26BN3/c1-36(2)31-21-27(17-19-29(31)30-20-18-28(37)22-32(30)36)35-39-33(25-11-7-4-8-12-25)38-34(40-35)26-15-13-24(14-16-26)23-9-5-3-6-10-23/h3-22H,1-2H3. The minimum absolute atomic E-state index is 0.179. The van der Waals surface area contributed by atoms with Crippen molar-refractivity contribution in [2.75, 3.05) is 0 Å². The maximum atomic E-state index is 6.17. The average molecular weight is 511 g/mol. The molecule has 0 fully saturated rings. The molecule has 0 amide bonds. The van der Waals surface area contributed by atoms with Crippen LogP contribution >= 0.6 is 0 Å². The van der Waals surface area contributed by atoms with Crippen LogP contribution in [0.5, 0.6) is 0 Å². The number of fused-ring (bicyclic) bond motifs is 3. The van der Waals surface area contributed by atoms with Crippen LogP contribution in [0.1, 0.15) is 25.0 Å². The van der Waals surface area contributed by atoms with Gasteiger partial charge in [-0.2, -0.15) is 0 Å². The normalized spacial score (nSPS) is 13.1. The number of hydrogen-bond acceptors (Lipinski definition) is 3. The zero-order chi connectivity index (χ0) is 27.3. The molecule has 1 aliphatic rings. The van der Waals surface area contributed by atoms with E-state index in [4.69, 9.17) is 22.8 Å². The smallest absolute Gasteiger partial charge is 0.164 e. The number of nitrogens with zero attached hydrogens (tertiary/aromatic N) is 3. The van der Waals surface area contributed by atoms with Gasteiger partial charge < -0.3 is 0 Å². The summed E-state index contributed by atoms with van der Waals surface area (Å²) in [5, 5.41) is 0. The summed E-state index contributed by atoms with van der Waals surface area (Å²) in [6, 6.07) is 41.6. The third kappa shape index (κ3) is 4.13. The van der Waals surface area contributed by atoms with Gasteiger partial charge >= 0.3 is 0 Å². The highest BCUT2D eigenvalue weighted by Gasteiger charge is 2.35. The number of rotatable bonds is 4. The van der Waals surface area contributed by atoms with E-state index in [2.05, 4.69) is 92.7 Å². The molecule has 1 aliphatic carbocycles. The lowest BCUT2D eigenvalue weighted by molar-refractivity contribution is 0.661. The average Bonchev–Trinajstić information content (AvgIpc) is 3.23. The van der Waals surface area contributed by atoms with Gasteiger partial charge in [0.2, 0.25) is 0 Å². The topological polar surface area (TPSA) is 38.7 Å². The lowest BCUT2D eigenvalue weighted by Crippen LogP contribution is -2.17. The van der Waals surface area contributed by atoms with Gasteiger partial charge in [0.1, 0.15) is 7.85 Å². The van der Waals surface area contributed by atoms with Crippen molar-refractivity contribution in [3.8, 4) is 56.4 Å². The van der Waals surface area contributed by atoms with E-state index < -0.39 is 0 Å². The quantitative estimate of drug-likeness (QED) is 0.228. The second kappa shape index (κ2) is 9.42. The van der Waals surface area contributed by atoms with Crippen LogP contribution in [0, 0.1) is 0 Å². The first-order chi connectivity index (χ1) is 19.5. The Morgan fingerprint density at radius 1 is 0.450 bits per heavy atom. The van der Waals surface area contributed by atoms with E-state index >= 15 is 0 Å². The lowest BCUT2D eigenvalue weighted by atomic mass is 9.80. The Balaban J connectivity index is 1.35. The monoisotopic (exact) mass is 511 g/mol. The molecule has 0 spiro atoms. The number of benzene rings is 5. The Kier molecular flexibility index (Phi) is 5.71. The molecule has 0 saturated carbocycles. The van der Waals surface area contributed by atoms with Crippen LogP contribution < -0.4 is 5.46 Å². The second-order valence-corrected chi connectivity index (χ2v) is 10.8. The van der Waals surface area contributed by atoms with Crippen LogP contribution in [0.4, 0.5) is 0 Å². The van der Waals surface area contributed by atoms with E-state index in [9.17, 15) is 0 Å². The summed E-state index contributed by atoms with van der Waals surface area (Å²) in [6.07, 6.45) is 0. The molecule has 1 aromatic heterocycles. The first kappa shape index (κ1) is 24.2. The molecule has 0 bridgehead atoms. The third-order valence-electron chi connectivity index (χ3n) is 7.88. The van der Waals surface area contributed by atoms with E-state index in [0.29, 0.717) is 17.5 Å². The van der Waals surface area contributed by atoms with Crippen LogP contribution in [0.15, 0.2) is 121 Å². The van der Waals surface area contributed by atoms with E-state index in [1.807, 2.05) is 42.5 Å². The molecule has 4 heteroatoms. The van der Waals surface area contributed by atoms with E-state index in [1.54, 1.807) is 0 Å². The first-order valence-corrected chi connectivity index (χ1v) is 13.5. The summed E-state index contributed by atoms with van der Waals surface area (Å²) in [4.78, 5) is 14.9. The molecule has 1 heterocycles. The molecular weight excluding hydrogens is 485 g/mol. The van der Waals surface area contributed by atoms with Crippen molar-refractivity contribution in [1.82, 2.24) is 15.0 Å². The van der Waals surface area contributed by atoms with Crippen molar-refractivity contribution in [2.45, 2.75) is 19.3 Å². The molecule has 0 aliphatic heterocycles. The van der Waals surface area contributed by atoms with Gasteiger partial charge in [-0.05, 0) is 39.4 Å². The summed E-state index contributed by atoms with van der Waals surface area (Å²) in [6.45, 7) is 4.51. The van der Waals surface area contributed by atoms with Gasteiger partial charge in [0.25, 0.3) is 0 Å². The summed E-state index contributed by atoms with van der Waals surface area (Å²) in [5.74, 6) is 1.97. The number of aromatic nitrogens is 3. The molecule has 40 heavy (non-hydrogen) atoms. The van der Waals surface area contributed by atoms with Crippen LogP contribution in [0.25, 0.3) is 56.4 Å². The fourth-order valence-corrected chi connectivity index (χ4v) is 5.69. The zero-order valence-corrected chi connectivity index (χ0v) is 22.5. The molecule has 0 saturated heterocycles. The van der Waals surface area contributed by atoms with Gasteiger partial charge in [-0.3, -0.25) is 0 Å². The molecule has 6 aromatic rings. The summed E-state index contributed by atoms with van der Waals surface area (Å²) < 4.78 is 0. The van der Waals surface area contributed by atoms with Gasteiger partial charge in [0.05, 0.1) is 0 Å². The predicted octanol–water partition coefficient (Wildman–Crippen LogP) is 7.64. The molecular formula is C36H26BN3. The van der Waals surface area contributed by atoms with E-state index in [0.717, 1.165) is 27.7 Å². The van der Waals surface area contributed by atoms with E-state index in [1.165, 1.54) is 27.8 Å². The molecule has 7 rings (SSSR count). The lowest BCUT2D eigenvalue weighted by Gasteiger charge is -2.22. The minimum atomic E-state index is -0.179. The molecule has 5 aromatic carbocycles. The van der Waals surface area contributed by atoms with Crippen molar-refractivity contribution in [3.63, 3.8) is 0 Å². The maximum Gasteiger partial charge on any atom is 0.164 e. The molecule has 0 unspecified atom stereocenters. The Labute approximate surface area is 236 Å². The molecule has 3 nitrogen and oxygen atoms in total. The van der Waals surface area contributed by atoms with Crippen molar-refractivity contribution in [1.29, 1.82) is 0 Å². The minimum Gasteiger partial charge on any atom is -0.208 e. The third-order valence-corrected chi connectivity index (χ3v) is 7.88. The summed E-state index contributed by atoms with van der Waals surface area (Å²) >= 11 is 0. The van der Waals surface area contributed by atoms with Crippen molar-refractivity contribution in [3.05, 3.63) is 132 Å². The highest BCUT2D eigenvalue weighted by molar-refractivity contribution is 6.32. The second-order valence-electron chi connectivity index (χ2n) is 10.8. The fourth-order valence-electron chi connectivity index (χ4n) is 5.69. The Morgan fingerprint density at radius 2 is 0.875 bits per heavy atom. The largest absolute Gasteiger partial charge is 0.208 e. The Morgan fingerprint density at radius 3 is 1.50 bits per heavy atom. The van der Waals surface area contributed by atoms with Gasteiger partial charge in [0, 0.05) is 22.1 Å². The molecule has 0 N–H and O–H groups in total. The van der Waals surface area contributed by atoms with Gasteiger partial charge in [-0.15, -0.1) is 0 Å². The highest BCUT2D eigenvalue weighted by atomic mass is 15.0. The van der Waals surface area contributed by atoms with Crippen molar-refractivity contribution >= 4 is 13.3 Å². The van der Waals surface area contributed by atoms with Crippen molar-refractivity contribution in [2.24, 2.45) is 0 Å². The first-order valence-electron chi connectivity index (χ1n) is 13.5. The van der Waals surface area contributed by atoms with Crippen LogP contribution in [-0.2, 0) is 5.41 Å². The van der Waals surface area contributed by atoms with E-state index in [-0.39, 0.29) is 5.41 Å². The van der Waals surface area contributed by atoms with Crippen LogP contribution in [0.2, 0.25) is 0 Å². The van der Waals surface area contributed by atoms with Gasteiger partial charge in [-0.1, -0.05) is 135 Å². The fraction of sp³-hybridized carbons (Fsp3) is 0.0833. The zero-order valence-electron chi connectivity index (χ0n) is 22.5. The SMILES string of the molecule is [B]c1ccc2c(c1)C(C)(C)c1cc(-c3nc(-c4ccccc4)nc(-c4ccc(-c5ccccc5)cc4)n3)ccc1-2. The van der Waals surface area contributed by atoms with Gasteiger partial charge in [0.15, 0.2) is 17.5 Å². The Hall–Kier alpha value is -4.83. The van der Waals surface area contributed by atoms with Crippen molar-refractivity contribution < 1.29 is 0 Å². The maximum absolute atomic E-state index is 6.17. The summed E-state index contributed by atoms with van der Waals surface area (Å²) in [7, 11) is 6.17. The molecule has 188 valence electrons. The van der Waals surface area contributed by atoms with Crippen LogP contribution in [-0.4, -0.2) is 22.8 Å². The Bertz CT molecular complexity index is 1860.